The molecule has 0 aliphatic rings. The van der Waals surface area contributed by atoms with Crippen molar-refractivity contribution < 1.29 is 14.3 Å². The number of rotatable bonds is 4. The normalized spacial score (nSPS) is 12.1. The third kappa shape index (κ3) is 2.83. The van der Waals surface area contributed by atoms with Gasteiger partial charge in [-0.15, -0.1) is 0 Å². The highest BCUT2D eigenvalue weighted by atomic mass is 16.5. The van der Waals surface area contributed by atoms with Crippen LogP contribution in [0.15, 0.2) is 48.5 Å². The Morgan fingerprint density at radius 1 is 1.00 bits per heavy atom. The molecule has 1 heterocycles. The summed E-state index contributed by atoms with van der Waals surface area (Å²) in [6, 6.07) is 14.8. The number of para-hydroxylation sites is 1. The van der Waals surface area contributed by atoms with Crippen LogP contribution >= 0.6 is 0 Å². The number of Topliss-reactive ketones (excluding diaryl/α,β-unsaturated/α-hetero) is 1. The van der Waals surface area contributed by atoms with Crippen molar-refractivity contribution >= 4 is 22.7 Å². The number of ketones is 1. The molecule has 0 amide bonds. The number of benzene rings is 2. The molecule has 0 aliphatic heterocycles. The summed E-state index contributed by atoms with van der Waals surface area (Å²) in [6.07, 6.45) is -0.852. The molecule has 4 heteroatoms. The molecule has 4 nitrogen and oxygen atoms in total. The van der Waals surface area contributed by atoms with Crippen molar-refractivity contribution in [3.8, 4) is 0 Å². The van der Waals surface area contributed by atoms with Crippen molar-refractivity contribution in [1.29, 1.82) is 0 Å². The largest absolute Gasteiger partial charge is 0.451 e. The highest BCUT2D eigenvalue weighted by molar-refractivity contribution is 6.11. The molecule has 3 aromatic rings. The van der Waals surface area contributed by atoms with Gasteiger partial charge in [0.15, 0.2) is 6.10 Å². The number of fused-ring (bicyclic) bond motifs is 1. The van der Waals surface area contributed by atoms with E-state index in [0.29, 0.717) is 11.1 Å². The summed E-state index contributed by atoms with van der Waals surface area (Å²) in [6.45, 7) is 5.30. The molecule has 0 saturated heterocycles. The highest BCUT2D eigenvalue weighted by Gasteiger charge is 2.25. The van der Waals surface area contributed by atoms with Gasteiger partial charge in [-0.25, -0.2) is 4.79 Å². The first-order valence-corrected chi connectivity index (χ1v) is 7.87. The maximum Gasteiger partial charge on any atom is 0.339 e. The summed E-state index contributed by atoms with van der Waals surface area (Å²) in [5, 5.41) is 0.846. The minimum Gasteiger partial charge on any atom is -0.451 e. The lowest BCUT2D eigenvalue weighted by Crippen LogP contribution is -2.25. The molecule has 1 aromatic heterocycles. The Balaban J connectivity index is 1.86. The van der Waals surface area contributed by atoms with Crippen LogP contribution in [0.4, 0.5) is 0 Å². The number of nitrogens with one attached hydrogen (secondary N) is 1. The second-order valence-electron chi connectivity index (χ2n) is 5.90. The van der Waals surface area contributed by atoms with E-state index in [1.807, 2.05) is 50.2 Å². The average Bonchev–Trinajstić information content (AvgIpc) is 2.90. The summed E-state index contributed by atoms with van der Waals surface area (Å²) in [4.78, 5) is 28.3. The number of carbonyl (C=O) groups excluding carboxylic acids is 2. The van der Waals surface area contributed by atoms with E-state index >= 15 is 0 Å². The van der Waals surface area contributed by atoms with Gasteiger partial charge in [0.25, 0.3) is 0 Å². The van der Waals surface area contributed by atoms with Crippen LogP contribution in [0.2, 0.25) is 0 Å². The fourth-order valence-corrected chi connectivity index (χ4v) is 2.88. The standard InChI is InChI=1S/C20H19NO3/c1-12-8-4-5-9-15(12)20(23)24-14(3)19(22)18-13(2)21-17-11-7-6-10-16(17)18/h4-11,14,21H,1-3H3. The first-order chi connectivity index (χ1) is 11.5. The van der Waals surface area contributed by atoms with Gasteiger partial charge in [0.1, 0.15) is 0 Å². The van der Waals surface area contributed by atoms with Crippen molar-refractivity contribution in [2.45, 2.75) is 26.9 Å². The molecular formula is C20H19NO3. The lowest BCUT2D eigenvalue weighted by atomic mass is 10.0. The van der Waals surface area contributed by atoms with Crippen LogP contribution < -0.4 is 0 Å². The monoisotopic (exact) mass is 321 g/mol. The third-order valence-corrected chi connectivity index (χ3v) is 4.16. The van der Waals surface area contributed by atoms with Crippen molar-refractivity contribution in [3.05, 3.63) is 70.9 Å². The van der Waals surface area contributed by atoms with Gasteiger partial charge >= 0.3 is 5.97 Å². The van der Waals surface area contributed by atoms with E-state index < -0.39 is 12.1 Å². The first kappa shape index (κ1) is 16.0. The number of aryl methyl sites for hydroxylation is 2. The number of hydrogen-bond donors (Lipinski definition) is 1. The number of aromatic nitrogens is 1. The Labute approximate surface area is 140 Å². The molecule has 1 N–H and O–H groups in total. The Morgan fingerprint density at radius 3 is 2.42 bits per heavy atom. The third-order valence-electron chi connectivity index (χ3n) is 4.16. The predicted molar refractivity (Wildman–Crippen MR) is 93.4 cm³/mol. The van der Waals surface area contributed by atoms with Gasteiger partial charge in [0, 0.05) is 22.2 Å². The van der Waals surface area contributed by atoms with Gasteiger partial charge in [-0.2, -0.15) is 0 Å². The number of ether oxygens (including phenoxy) is 1. The van der Waals surface area contributed by atoms with Crippen LogP contribution in [-0.2, 0) is 4.74 Å². The molecular weight excluding hydrogens is 302 g/mol. The smallest absolute Gasteiger partial charge is 0.339 e. The Bertz CT molecular complexity index is 924. The van der Waals surface area contributed by atoms with Crippen molar-refractivity contribution in [2.75, 3.05) is 0 Å². The molecule has 0 radical (unpaired) electrons. The molecule has 0 spiro atoms. The minimum absolute atomic E-state index is 0.202. The SMILES string of the molecule is Cc1ccccc1C(=O)OC(C)C(=O)c1c(C)[nH]c2ccccc12. The molecule has 0 fully saturated rings. The molecule has 0 bridgehead atoms. The molecule has 1 unspecified atom stereocenters. The zero-order valence-electron chi connectivity index (χ0n) is 13.9. The second kappa shape index (κ2) is 6.32. The molecule has 122 valence electrons. The van der Waals surface area contributed by atoms with Gasteiger partial charge in [-0.05, 0) is 38.5 Å². The summed E-state index contributed by atoms with van der Waals surface area (Å²) >= 11 is 0. The second-order valence-corrected chi connectivity index (χ2v) is 5.90. The number of aromatic amines is 1. The first-order valence-electron chi connectivity index (χ1n) is 7.87. The van der Waals surface area contributed by atoms with E-state index in [1.54, 1.807) is 19.1 Å². The lowest BCUT2D eigenvalue weighted by molar-refractivity contribution is 0.0318. The summed E-state index contributed by atoms with van der Waals surface area (Å²) < 4.78 is 5.40. The lowest BCUT2D eigenvalue weighted by Gasteiger charge is -2.13. The zero-order chi connectivity index (χ0) is 17.3. The Morgan fingerprint density at radius 2 is 1.67 bits per heavy atom. The average molecular weight is 321 g/mol. The van der Waals surface area contributed by atoms with Gasteiger partial charge in [-0.1, -0.05) is 36.4 Å². The van der Waals surface area contributed by atoms with Crippen LogP contribution in [0.5, 0.6) is 0 Å². The molecule has 0 aliphatic carbocycles. The summed E-state index contributed by atoms with van der Waals surface area (Å²) in [7, 11) is 0. The van der Waals surface area contributed by atoms with E-state index in [4.69, 9.17) is 4.74 Å². The molecule has 1 atom stereocenters. The van der Waals surface area contributed by atoms with Crippen LogP contribution in [0.25, 0.3) is 10.9 Å². The predicted octanol–water partition coefficient (Wildman–Crippen LogP) is 4.21. The fraction of sp³-hybridized carbons (Fsp3) is 0.200. The van der Waals surface area contributed by atoms with Crippen molar-refractivity contribution in [3.63, 3.8) is 0 Å². The van der Waals surface area contributed by atoms with Crippen LogP contribution in [0.1, 0.15) is 38.9 Å². The van der Waals surface area contributed by atoms with Crippen LogP contribution in [-0.4, -0.2) is 22.8 Å². The number of esters is 1. The molecule has 3 rings (SSSR count). The number of H-pyrrole nitrogens is 1. The van der Waals surface area contributed by atoms with Crippen molar-refractivity contribution in [2.24, 2.45) is 0 Å². The zero-order valence-corrected chi connectivity index (χ0v) is 13.9. The maximum absolute atomic E-state index is 12.8. The van der Waals surface area contributed by atoms with E-state index in [-0.39, 0.29) is 5.78 Å². The summed E-state index contributed by atoms with van der Waals surface area (Å²) in [5.74, 6) is -0.682. The van der Waals surface area contributed by atoms with E-state index in [0.717, 1.165) is 22.2 Å². The number of carbonyl (C=O) groups is 2. The number of hydrogen-bond acceptors (Lipinski definition) is 3. The minimum atomic E-state index is -0.852. The Hall–Kier alpha value is -2.88. The fourth-order valence-electron chi connectivity index (χ4n) is 2.88. The molecule has 24 heavy (non-hydrogen) atoms. The summed E-state index contributed by atoms with van der Waals surface area (Å²) in [5.41, 5.74) is 3.56. The van der Waals surface area contributed by atoms with E-state index in [1.165, 1.54) is 0 Å². The topological polar surface area (TPSA) is 59.2 Å². The Kier molecular flexibility index (Phi) is 4.21. The molecule has 2 aromatic carbocycles. The van der Waals surface area contributed by atoms with Crippen molar-refractivity contribution in [1.82, 2.24) is 4.98 Å². The van der Waals surface area contributed by atoms with Gasteiger partial charge in [-0.3, -0.25) is 4.79 Å². The van der Waals surface area contributed by atoms with E-state index in [9.17, 15) is 9.59 Å². The van der Waals surface area contributed by atoms with Crippen LogP contribution in [0, 0.1) is 13.8 Å². The quantitative estimate of drug-likeness (QED) is 0.578. The van der Waals surface area contributed by atoms with Gasteiger partial charge in [0.2, 0.25) is 5.78 Å². The van der Waals surface area contributed by atoms with Crippen LogP contribution in [0.3, 0.4) is 0 Å². The van der Waals surface area contributed by atoms with Gasteiger partial charge in [0.05, 0.1) is 5.56 Å². The highest BCUT2D eigenvalue weighted by Crippen LogP contribution is 2.24. The molecule has 0 saturated carbocycles. The maximum atomic E-state index is 12.8. The van der Waals surface area contributed by atoms with E-state index in [2.05, 4.69) is 4.98 Å². The van der Waals surface area contributed by atoms with Gasteiger partial charge < -0.3 is 9.72 Å².